The Morgan fingerprint density at radius 2 is 1.86 bits per heavy atom. The van der Waals surface area contributed by atoms with Crippen LogP contribution in [0.4, 0.5) is 0 Å². The molecule has 0 unspecified atom stereocenters. The van der Waals surface area contributed by atoms with Crippen LogP contribution in [0.1, 0.15) is 13.8 Å². The first kappa shape index (κ1) is 17.0. The van der Waals surface area contributed by atoms with E-state index in [0.717, 1.165) is 0 Å². The summed E-state index contributed by atoms with van der Waals surface area (Å²) in [5.74, 6) is -0.324. The first-order valence-electron chi connectivity index (χ1n) is 7.05. The Bertz CT molecular complexity index is 448. The number of rotatable bonds is 5. The summed E-state index contributed by atoms with van der Waals surface area (Å²) in [5, 5.41) is 18.1. The maximum atomic E-state index is 12.3. The molecule has 7 nitrogen and oxygen atoms in total. The lowest BCUT2D eigenvalue weighted by Crippen LogP contribution is -2.50. The third-order valence-electron chi connectivity index (χ3n) is 3.47. The van der Waals surface area contributed by atoms with Crippen LogP contribution >= 0.6 is 0 Å². The van der Waals surface area contributed by atoms with Crippen LogP contribution in [0, 0.1) is 11.3 Å². The number of aliphatic hydroxyl groups excluding tert-OH is 1. The molecule has 0 bridgehead atoms. The molecule has 0 aromatic heterocycles. The highest BCUT2D eigenvalue weighted by molar-refractivity contribution is 5.97. The van der Waals surface area contributed by atoms with Gasteiger partial charge in [-0.2, -0.15) is 5.26 Å². The standard InChI is InChI=1S/C14H22N4O3/c1-3-16(8-9-19)11-13(10-15)14(21)18-6-4-17(5-7-18)12(2)20/h11,19H,3-9H2,1-2H3/b13-11-. The number of piperazine rings is 1. The van der Waals surface area contributed by atoms with E-state index < -0.39 is 0 Å². The second-order valence-corrected chi connectivity index (χ2v) is 4.81. The van der Waals surface area contributed by atoms with Crippen molar-refractivity contribution in [3.05, 3.63) is 11.8 Å². The summed E-state index contributed by atoms with van der Waals surface area (Å²) < 4.78 is 0. The fourth-order valence-electron chi connectivity index (χ4n) is 2.15. The van der Waals surface area contributed by atoms with Gasteiger partial charge in [-0.25, -0.2) is 0 Å². The van der Waals surface area contributed by atoms with Gasteiger partial charge in [-0.3, -0.25) is 9.59 Å². The highest BCUT2D eigenvalue weighted by Crippen LogP contribution is 2.08. The number of nitrogens with zero attached hydrogens (tertiary/aromatic N) is 4. The van der Waals surface area contributed by atoms with E-state index in [0.29, 0.717) is 39.3 Å². The van der Waals surface area contributed by atoms with E-state index in [1.165, 1.54) is 13.1 Å². The van der Waals surface area contributed by atoms with Gasteiger partial charge in [0.2, 0.25) is 5.91 Å². The largest absolute Gasteiger partial charge is 0.395 e. The van der Waals surface area contributed by atoms with Crippen molar-refractivity contribution in [2.45, 2.75) is 13.8 Å². The van der Waals surface area contributed by atoms with Crippen LogP contribution in [0.2, 0.25) is 0 Å². The zero-order chi connectivity index (χ0) is 15.8. The quantitative estimate of drug-likeness (QED) is 0.540. The molecule has 2 amide bonds. The molecule has 1 rings (SSSR count). The second-order valence-electron chi connectivity index (χ2n) is 4.81. The predicted molar refractivity (Wildman–Crippen MR) is 76.9 cm³/mol. The van der Waals surface area contributed by atoms with Crippen molar-refractivity contribution < 1.29 is 14.7 Å². The molecule has 21 heavy (non-hydrogen) atoms. The first-order chi connectivity index (χ1) is 10.0. The zero-order valence-corrected chi connectivity index (χ0v) is 12.6. The Morgan fingerprint density at radius 1 is 1.29 bits per heavy atom. The van der Waals surface area contributed by atoms with Gasteiger partial charge in [0, 0.05) is 52.4 Å². The molecule has 0 aromatic rings. The minimum Gasteiger partial charge on any atom is -0.395 e. The molecular formula is C14H22N4O3. The Morgan fingerprint density at radius 3 is 2.29 bits per heavy atom. The molecule has 1 saturated heterocycles. The second kappa shape index (κ2) is 8.27. The molecule has 0 radical (unpaired) electrons. The number of amides is 2. The maximum Gasteiger partial charge on any atom is 0.266 e. The smallest absolute Gasteiger partial charge is 0.266 e. The van der Waals surface area contributed by atoms with Gasteiger partial charge in [0.1, 0.15) is 11.6 Å². The van der Waals surface area contributed by atoms with Crippen molar-refractivity contribution in [3.63, 3.8) is 0 Å². The minimum atomic E-state index is -0.322. The van der Waals surface area contributed by atoms with Crippen molar-refractivity contribution in [2.24, 2.45) is 0 Å². The van der Waals surface area contributed by atoms with E-state index in [1.807, 2.05) is 13.0 Å². The van der Waals surface area contributed by atoms with E-state index >= 15 is 0 Å². The van der Waals surface area contributed by atoms with Crippen LogP contribution < -0.4 is 0 Å². The Labute approximate surface area is 125 Å². The molecule has 0 atom stereocenters. The molecule has 0 aliphatic carbocycles. The number of aliphatic hydroxyl groups is 1. The molecule has 0 aromatic carbocycles. The van der Waals surface area contributed by atoms with Crippen LogP contribution in [0.15, 0.2) is 11.8 Å². The minimum absolute atomic E-state index is 0.00162. The lowest BCUT2D eigenvalue weighted by molar-refractivity contribution is -0.136. The average Bonchev–Trinajstić information content (AvgIpc) is 2.50. The molecule has 0 spiro atoms. The highest BCUT2D eigenvalue weighted by Gasteiger charge is 2.24. The molecule has 1 fully saturated rings. The van der Waals surface area contributed by atoms with Gasteiger partial charge in [-0.05, 0) is 6.92 Å². The van der Waals surface area contributed by atoms with E-state index in [1.54, 1.807) is 14.7 Å². The van der Waals surface area contributed by atoms with Crippen molar-refractivity contribution >= 4 is 11.8 Å². The Hall–Kier alpha value is -2.07. The maximum absolute atomic E-state index is 12.3. The summed E-state index contributed by atoms with van der Waals surface area (Å²) in [7, 11) is 0. The fraction of sp³-hybridized carbons (Fsp3) is 0.643. The van der Waals surface area contributed by atoms with Gasteiger partial charge < -0.3 is 19.8 Å². The van der Waals surface area contributed by atoms with Crippen molar-refractivity contribution in [1.29, 1.82) is 5.26 Å². The Balaban J connectivity index is 2.70. The monoisotopic (exact) mass is 294 g/mol. The van der Waals surface area contributed by atoms with Crippen LogP contribution in [-0.2, 0) is 9.59 Å². The van der Waals surface area contributed by atoms with Crippen LogP contribution in [0.5, 0.6) is 0 Å². The highest BCUT2D eigenvalue weighted by atomic mass is 16.3. The summed E-state index contributed by atoms with van der Waals surface area (Å²) in [6.07, 6.45) is 1.50. The summed E-state index contributed by atoms with van der Waals surface area (Å²) >= 11 is 0. The van der Waals surface area contributed by atoms with Gasteiger partial charge in [0.25, 0.3) is 5.91 Å². The summed E-state index contributed by atoms with van der Waals surface area (Å²) in [4.78, 5) is 28.5. The van der Waals surface area contributed by atoms with E-state index in [-0.39, 0.29) is 24.0 Å². The SMILES string of the molecule is CCN(/C=C(/C#N)C(=O)N1CCN(C(C)=O)CC1)CCO. The summed E-state index contributed by atoms with van der Waals surface area (Å²) in [6, 6.07) is 1.92. The summed E-state index contributed by atoms with van der Waals surface area (Å²) in [6.45, 7) is 6.21. The first-order valence-corrected chi connectivity index (χ1v) is 7.05. The fourth-order valence-corrected chi connectivity index (χ4v) is 2.15. The molecular weight excluding hydrogens is 272 g/mol. The molecule has 1 heterocycles. The molecule has 1 aliphatic rings. The number of hydrogen-bond donors (Lipinski definition) is 1. The number of nitriles is 1. The predicted octanol–water partition coefficient (Wildman–Crippen LogP) is -0.601. The normalized spacial score (nSPS) is 15.6. The van der Waals surface area contributed by atoms with E-state index in [9.17, 15) is 9.59 Å². The third kappa shape index (κ3) is 4.76. The summed E-state index contributed by atoms with van der Waals surface area (Å²) in [5.41, 5.74) is 0.0570. The number of hydrogen-bond acceptors (Lipinski definition) is 5. The third-order valence-corrected chi connectivity index (χ3v) is 3.47. The lowest BCUT2D eigenvalue weighted by Gasteiger charge is -2.34. The molecule has 7 heteroatoms. The Kier molecular flexibility index (Phi) is 6.69. The van der Waals surface area contributed by atoms with Gasteiger partial charge in [-0.15, -0.1) is 0 Å². The number of likely N-dealkylation sites (N-methyl/N-ethyl adjacent to an activating group) is 1. The van der Waals surface area contributed by atoms with Crippen LogP contribution in [0.25, 0.3) is 0 Å². The number of carbonyl (C=O) groups excluding carboxylic acids is 2. The zero-order valence-electron chi connectivity index (χ0n) is 12.6. The van der Waals surface area contributed by atoms with Crippen LogP contribution in [0.3, 0.4) is 0 Å². The molecule has 116 valence electrons. The van der Waals surface area contributed by atoms with Crippen molar-refractivity contribution in [2.75, 3.05) is 45.9 Å². The lowest BCUT2D eigenvalue weighted by atomic mass is 10.2. The van der Waals surface area contributed by atoms with Gasteiger partial charge in [0.15, 0.2) is 0 Å². The number of carbonyl (C=O) groups is 2. The van der Waals surface area contributed by atoms with E-state index in [2.05, 4.69) is 0 Å². The van der Waals surface area contributed by atoms with Gasteiger partial charge in [0.05, 0.1) is 6.61 Å². The van der Waals surface area contributed by atoms with Crippen molar-refractivity contribution in [1.82, 2.24) is 14.7 Å². The van der Waals surface area contributed by atoms with Gasteiger partial charge in [-0.1, -0.05) is 0 Å². The van der Waals surface area contributed by atoms with Crippen molar-refractivity contribution in [3.8, 4) is 6.07 Å². The molecule has 0 saturated carbocycles. The topological polar surface area (TPSA) is 87.9 Å². The average molecular weight is 294 g/mol. The van der Waals surface area contributed by atoms with Gasteiger partial charge >= 0.3 is 0 Å². The molecule has 1 N–H and O–H groups in total. The van der Waals surface area contributed by atoms with E-state index in [4.69, 9.17) is 10.4 Å². The van der Waals surface area contributed by atoms with Crippen LogP contribution in [-0.4, -0.2) is 77.5 Å². The molecule has 1 aliphatic heterocycles.